The lowest BCUT2D eigenvalue weighted by Gasteiger charge is -2.07. The monoisotopic (exact) mass is 321 g/mol. The van der Waals surface area contributed by atoms with E-state index in [-0.39, 0.29) is 11.7 Å². The molecule has 0 aliphatic carbocycles. The Hall–Kier alpha value is -3.08. The zero-order chi connectivity index (χ0) is 16.9. The van der Waals surface area contributed by atoms with Gasteiger partial charge in [0, 0.05) is 23.9 Å². The maximum atomic E-state index is 12.9. The predicted molar refractivity (Wildman–Crippen MR) is 89.8 cm³/mol. The van der Waals surface area contributed by atoms with Crippen LogP contribution < -0.4 is 5.32 Å². The van der Waals surface area contributed by atoms with E-state index in [0.29, 0.717) is 17.9 Å². The van der Waals surface area contributed by atoms with Crippen LogP contribution in [0.1, 0.15) is 21.7 Å². The highest BCUT2D eigenvalue weighted by atomic mass is 19.1. The van der Waals surface area contributed by atoms with Gasteiger partial charge in [-0.3, -0.25) is 4.79 Å². The van der Waals surface area contributed by atoms with Crippen LogP contribution in [0.25, 0.3) is 11.3 Å². The van der Waals surface area contributed by atoms with Crippen LogP contribution >= 0.6 is 0 Å². The topological polar surface area (TPSA) is 54.9 Å². The van der Waals surface area contributed by atoms with Crippen LogP contribution in [-0.2, 0) is 6.54 Å². The minimum absolute atomic E-state index is 0.176. The maximum absolute atomic E-state index is 12.9. The van der Waals surface area contributed by atoms with E-state index in [1.54, 1.807) is 30.5 Å². The lowest BCUT2D eigenvalue weighted by atomic mass is 10.1. The number of nitrogens with zero attached hydrogens (tertiary/aromatic N) is 2. The summed E-state index contributed by atoms with van der Waals surface area (Å²) in [5, 5.41) is 2.82. The minimum atomic E-state index is -0.291. The summed E-state index contributed by atoms with van der Waals surface area (Å²) in [5.74, 6) is 0.235. The number of aromatic nitrogens is 2. The number of hydrogen-bond acceptors (Lipinski definition) is 3. The highest BCUT2D eigenvalue weighted by molar-refractivity contribution is 5.94. The van der Waals surface area contributed by atoms with E-state index in [9.17, 15) is 9.18 Å². The molecule has 0 saturated heterocycles. The van der Waals surface area contributed by atoms with E-state index in [1.165, 1.54) is 12.1 Å². The van der Waals surface area contributed by atoms with Crippen LogP contribution in [0.3, 0.4) is 0 Å². The molecule has 0 radical (unpaired) electrons. The van der Waals surface area contributed by atoms with Crippen molar-refractivity contribution in [1.29, 1.82) is 0 Å². The molecule has 0 bridgehead atoms. The van der Waals surface area contributed by atoms with Gasteiger partial charge in [0.15, 0.2) is 0 Å². The van der Waals surface area contributed by atoms with Gasteiger partial charge in [0.1, 0.15) is 11.6 Å². The van der Waals surface area contributed by atoms with E-state index >= 15 is 0 Å². The Balaban J connectivity index is 1.66. The van der Waals surface area contributed by atoms with E-state index in [4.69, 9.17) is 0 Å². The zero-order valence-electron chi connectivity index (χ0n) is 13.2. The molecule has 1 heterocycles. The Labute approximate surface area is 139 Å². The first kappa shape index (κ1) is 15.8. The average molecular weight is 321 g/mol. The smallest absolute Gasteiger partial charge is 0.251 e. The van der Waals surface area contributed by atoms with Gasteiger partial charge in [0.25, 0.3) is 5.91 Å². The highest BCUT2D eigenvalue weighted by Crippen LogP contribution is 2.17. The maximum Gasteiger partial charge on any atom is 0.251 e. The molecule has 0 atom stereocenters. The summed E-state index contributed by atoms with van der Waals surface area (Å²) in [6.45, 7) is 2.19. The summed E-state index contributed by atoms with van der Waals surface area (Å²) in [5.41, 5.74) is 3.15. The fourth-order valence-electron chi connectivity index (χ4n) is 2.30. The van der Waals surface area contributed by atoms with Crippen molar-refractivity contribution in [2.24, 2.45) is 0 Å². The molecule has 3 rings (SSSR count). The lowest BCUT2D eigenvalue weighted by molar-refractivity contribution is 0.0951. The second-order valence-corrected chi connectivity index (χ2v) is 5.38. The molecule has 2 aromatic carbocycles. The molecule has 0 saturated carbocycles. The number of benzene rings is 2. The summed E-state index contributed by atoms with van der Waals surface area (Å²) in [4.78, 5) is 20.6. The average Bonchev–Trinajstić information content (AvgIpc) is 2.61. The number of rotatable bonds is 4. The molecule has 24 heavy (non-hydrogen) atoms. The number of carbonyl (C=O) groups is 1. The molecule has 0 fully saturated rings. The molecular formula is C19H16FN3O. The van der Waals surface area contributed by atoms with Crippen LogP contribution in [0.5, 0.6) is 0 Å². The summed E-state index contributed by atoms with van der Waals surface area (Å²) >= 11 is 0. The van der Waals surface area contributed by atoms with Crippen LogP contribution in [-0.4, -0.2) is 15.9 Å². The Morgan fingerprint density at radius 2 is 1.75 bits per heavy atom. The van der Waals surface area contributed by atoms with Crippen molar-refractivity contribution in [2.75, 3.05) is 0 Å². The lowest BCUT2D eigenvalue weighted by Crippen LogP contribution is -2.22. The number of nitrogens with one attached hydrogen (secondary N) is 1. The number of amides is 1. The van der Waals surface area contributed by atoms with Crippen LogP contribution in [0.4, 0.5) is 4.39 Å². The molecule has 5 heteroatoms. The molecule has 0 aliphatic rings. The van der Waals surface area contributed by atoms with Crippen molar-refractivity contribution in [3.05, 3.63) is 83.6 Å². The van der Waals surface area contributed by atoms with Gasteiger partial charge < -0.3 is 5.32 Å². The quantitative estimate of drug-likeness (QED) is 0.800. The van der Waals surface area contributed by atoms with Crippen molar-refractivity contribution in [2.45, 2.75) is 13.5 Å². The summed E-state index contributed by atoms with van der Waals surface area (Å²) in [6.07, 6.45) is 1.71. The Morgan fingerprint density at radius 1 is 1.04 bits per heavy atom. The molecule has 0 aliphatic heterocycles. The van der Waals surface area contributed by atoms with Crippen molar-refractivity contribution in [3.63, 3.8) is 0 Å². The fourth-order valence-corrected chi connectivity index (χ4v) is 2.30. The second kappa shape index (κ2) is 7.00. The summed E-state index contributed by atoms with van der Waals surface area (Å²) < 4.78 is 12.9. The third-order valence-electron chi connectivity index (χ3n) is 3.59. The van der Waals surface area contributed by atoms with Crippen LogP contribution in [0.15, 0.2) is 60.8 Å². The van der Waals surface area contributed by atoms with E-state index in [0.717, 1.165) is 16.8 Å². The molecule has 3 aromatic rings. The minimum Gasteiger partial charge on any atom is -0.348 e. The van der Waals surface area contributed by atoms with Gasteiger partial charge in [-0.15, -0.1) is 0 Å². The van der Waals surface area contributed by atoms with Crippen molar-refractivity contribution in [1.82, 2.24) is 15.3 Å². The first-order chi connectivity index (χ1) is 11.6. The molecule has 0 spiro atoms. The number of halogens is 1. The standard InChI is InChI=1S/C19H16FN3O/c1-13-21-11-10-18(23-13)15-4-6-16(7-5-15)19(24)22-12-14-2-8-17(20)9-3-14/h2-11H,12H2,1H3,(H,22,24). The van der Waals surface area contributed by atoms with Crippen molar-refractivity contribution >= 4 is 5.91 Å². The normalized spacial score (nSPS) is 10.4. The molecule has 1 aromatic heterocycles. The van der Waals surface area contributed by atoms with Gasteiger partial charge in [-0.2, -0.15) is 0 Å². The molecule has 4 nitrogen and oxygen atoms in total. The van der Waals surface area contributed by atoms with E-state index < -0.39 is 0 Å². The van der Waals surface area contributed by atoms with E-state index in [1.807, 2.05) is 25.1 Å². The molecule has 1 amide bonds. The Morgan fingerprint density at radius 3 is 2.42 bits per heavy atom. The molecule has 120 valence electrons. The van der Waals surface area contributed by atoms with Crippen molar-refractivity contribution in [3.8, 4) is 11.3 Å². The molecule has 1 N–H and O–H groups in total. The molecule has 0 unspecified atom stereocenters. The summed E-state index contributed by atoms with van der Waals surface area (Å²) in [6, 6.07) is 15.1. The largest absolute Gasteiger partial charge is 0.348 e. The number of hydrogen-bond donors (Lipinski definition) is 1. The Bertz CT molecular complexity index is 845. The SMILES string of the molecule is Cc1nccc(-c2ccc(C(=O)NCc3ccc(F)cc3)cc2)n1. The van der Waals surface area contributed by atoms with Gasteiger partial charge in [0.05, 0.1) is 5.69 Å². The van der Waals surface area contributed by atoms with Gasteiger partial charge in [-0.25, -0.2) is 14.4 Å². The van der Waals surface area contributed by atoms with Crippen LogP contribution in [0, 0.1) is 12.7 Å². The first-order valence-electron chi connectivity index (χ1n) is 7.54. The first-order valence-corrected chi connectivity index (χ1v) is 7.54. The zero-order valence-corrected chi connectivity index (χ0v) is 13.2. The van der Waals surface area contributed by atoms with Gasteiger partial charge in [-0.05, 0) is 42.8 Å². The third kappa shape index (κ3) is 3.81. The van der Waals surface area contributed by atoms with Crippen LogP contribution in [0.2, 0.25) is 0 Å². The predicted octanol–water partition coefficient (Wildman–Crippen LogP) is 3.52. The number of carbonyl (C=O) groups excluding carboxylic acids is 1. The van der Waals surface area contributed by atoms with Gasteiger partial charge in [-0.1, -0.05) is 24.3 Å². The van der Waals surface area contributed by atoms with Crippen molar-refractivity contribution < 1.29 is 9.18 Å². The summed E-state index contributed by atoms with van der Waals surface area (Å²) in [7, 11) is 0. The Kier molecular flexibility index (Phi) is 4.61. The number of aryl methyl sites for hydroxylation is 1. The third-order valence-corrected chi connectivity index (χ3v) is 3.59. The molecular weight excluding hydrogens is 305 g/mol. The van der Waals surface area contributed by atoms with E-state index in [2.05, 4.69) is 15.3 Å². The van der Waals surface area contributed by atoms with Gasteiger partial charge in [0.2, 0.25) is 0 Å². The fraction of sp³-hybridized carbons (Fsp3) is 0.105. The highest BCUT2D eigenvalue weighted by Gasteiger charge is 2.07. The second-order valence-electron chi connectivity index (χ2n) is 5.38. The van der Waals surface area contributed by atoms with Gasteiger partial charge >= 0.3 is 0 Å².